The molecule has 0 saturated carbocycles. The molecule has 0 spiro atoms. The van der Waals surface area contributed by atoms with Gasteiger partial charge in [0.2, 0.25) is 0 Å². The normalized spacial score (nSPS) is 12.0. The van der Waals surface area contributed by atoms with Crippen molar-refractivity contribution in [3.05, 3.63) is 70.5 Å². The summed E-state index contributed by atoms with van der Waals surface area (Å²) >= 11 is 3.53. The van der Waals surface area contributed by atoms with Crippen LogP contribution in [0.25, 0.3) is 0 Å². The maximum Gasteiger partial charge on any atom is 0.0549 e. The van der Waals surface area contributed by atoms with Crippen LogP contribution in [0.2, 0.25) is 0 Å². The second-order valence-corrected chi connectivity index (χ2v) is 7.38. The Balaban J connectivity index is 2.22. The van der Waals surface area contributed by atoms with Gasteiger partial charge in [-0.3, -0.25) is 0 Å². The summed E-state index contributed by atoms with van der Waals surface area (Å²) in [6.45, 7) is 3.94. The predicted molar refractivity (Wildman–Crippen MR) is 93.6 cm³/mol. The average molecular weight is 316 g/mol. The first kappa shape index (κ1) is 16.2. The largest absolute Gasteiger partial charge is 0.393 e. The number of aliphatic hydroxyl groups is 1. The topological polar surface area (TPSA) is 20.2 Å². The highest BCUT2D eigenvalue weighted by atomic mass is 32.2. The lowest BCUT2D eigenvalue weighted by Crippen LogP contribution is -2.00. The molecule has 0 radical (unpaired) electrons. The average Bonchev–Trinajstić information content (AvgIpc) is 2.48. The van der Waals surface area contributed by atoms with E-state index in [0.29, 0.717) is 6.42 Å². The van der Waals surface area contributed by atoms with Crippen molar-refractivity contribution in [1.29, 1.82) is 0 Å². The first-order valence-electron chi connectivity index (χ1n) is 6.99. The number of rotatable bonds is 6. The highest BCUT2D eigenvalue weighted by molar-refractivity contribution is 8.22. The van der Waals surface area contributed by atoms with Gasteiger partial charge in [-0.15, -0.1) is 0 Å². The van der Waals surface area contributed by atoms with Crippen LogP contribution in [0.1, 0.15) is 20.3 Å². The Labute approximate surface area is 135 Å². The van der Waals surface area contributed by atoms with Crippen molar-refractivity contribution in [2.24, 2.45) is 0 Å². The summed E-state index contributed by atoms with van der Waals surface area (Å²) in [4.78, 5) is 2.45. The molecule has 0 heterocycles. The van der Waals surface area contributed by atoms with E-state index in [1.807, 2.05) is 19.1 Å². The molecule has 0 aliphatic carbocycles. The van der Waals surface area contributed by atoms with Crippen LogP contribution < -0.4 is 0 Å². The standard InChI is InChI=1S/C18H20OS2/c1-14(13-15(2)19)18(20-16-9-5-3-6-10-16)21-17-11-7-4-8-12-17/h3-12,15,19H,13H2,1-2H3/t15-/m0/s1. The Kier molecular flexibility index (Phi) is 6.43. The lowest BCUT2D eigenvalue weighted by atomic mass is 10.2. The molecule has 2 aromatic rings. The summed E-state index contributed by atoms with van der Waals surface area (Å²) in [7, 11) is 0. The number of aliphatic hydroxyl groups excluding tert-OH is 1. The van der Waals surface area contributed by atoms with Crippen LogP contribution in [-0.2, 0) is 0 Å². The molecule has 0 bridgehead atoms. The molecular weight excluding hydrogens is 296 g/mol. The van der Waals surface area contributed by atoms with Crippen molar-refractivity contribution < 1.29 is 5.11 Å². The fourth-order valence-corrected chi connectivity index (χ4v) is 4.19. The summed E-state index contributed by atoms with van der Waals surface area (Å²) in [6.07, 6.45) is 0.391. The molecule has 0 unspecified atom stereocenters. The van der Waals surface area contributed by atoms with Gasteiger partial charge in [0.25, 0.3) is 0 Å². The predicted octanol–water partition coefficient (Wildman–Crippen LogP) is 5.57. The molecule has 0 aromatic heterocycles. The Bertz CT molecular complexity index is 533. The molecule has 1 nitrogen and oxygen atoms in total. The van der Waals surface area contributed by atoms with E-state index < -0.39 is 0 Å². The minimum atomic E-state index is -0.312. The van der Waals surface area contributed by atoms with E-state index in [4.69, 9.17) is 0 Å². The Hall–Kier alpha value is -1.16. The number of benzene rings is 2. The van der Waals surface area contributed by atoms with Gasteiger partial charge in [-0.25, -0.2) is 0 Å². The zero-order valence-electron chi connectivity index (χ0n) is 12.3. The molecule has 0 saturated heterocycles. The monoisotopic (exact) mass is 316 g/mol. The van der Waals surface area contributed by atoms with Gasteiger partial charge in [-0.05, 0) is 44.5 Å². The highest BCUT2D eigenvalue weighted by Gasteiger charge is 2.09. The van der Waals surface area contributed by atoms with Gasteiger partial charge in [0.1, 0.15) is 0 Å². The number of hydrogen-bond donors (Lipinski definition) is 1. The summed E-state index contributed by atoms with van der Waals surface area (Å²) in [5.41, 5.74) is 1.23. The highest BCUT2D eigenvalue weighted by Crippen LogP contribution is 2.41. The van der Waals surface area contributed by atoms with Crippen molar-refractivity contribution in [2.45, 2.75) is 36.2 Å². The van der Waals surface area contributed by atoms with E-state index in [2.05, 4.69) is 55.5 Å². The molecule has 110 valence electrons. The van der Waals surface area contributed by atoms with Crippen molar-refractivity contribution in [2.75, 3.05) is 0 Å². The van der Waals surface area contributed by atoms with Crippen LogP contribution in [0.3, 0.4) is 0 Å². The second-order valence-electron chi connectivity index (χ2n) is 4.95. The van der Waals surface area contributed by atoms with Crippen LogP contribution in [0.4, 0.5) is 0 Å². The Morgan fingerprint density at radius 3 is 1.71 bits per heavy atom. The van der Waals surface area contributed by atoms with Crippen molar-refractivity contribution >= 4 is 23.5 Å². The fraction of sp³-hybridized carbons (Fsp3) is 0.222. The van der Waals surface area contributed by atoms with E-state index in [-0.39, 0.29) is 6.10 Å². The molecule has 0 fully saturated rings. The Morgan fingerprint density at radius 1 is 0.905 bits per heavy atom. The molecule has 2 rings (SSSR count). The zero-order valence-corrected chi connectivity index (χ0v) is 14.0. The van der Waals surface area contributed by atoms with Crippen molar-refractivity contribution in [3.8, 4) is 0 Å². The summed E-state index contributed by atoms with van der Waals surface area (Å²) in [5.74, 6) is 0. The minimum Gasteiger partial charge on any atom is -0.393 e. The molecule has 1 atom stereocenters. The molecular formula is C18H20OS2. The molecule has 0 aliphatic heterocycles. The van der Waals surface area contributed by atoms with E-state index in [1.54, 1.807) is 23.5 Å². The summed E-state index contributed by atoms with van der Waals surface area (Å²) in [6, 6.07) is 20.7. The van der Waals surface area contributed by atoms with Crippen molar-refractivity contribution in [1.82, 2.24) is 0 Å². The number of hydrogen-bond acceptors (Lipinski definition) is 3. The van der Waals surface area contributed by atoms with E-state index in [0.717, 1.165) is 0 Å². The van der Waals surface area contributed by atoms with Gasteiger partial charge in [0, 0.05) is 14.0 Å². The van der Waals surface area contributed by atoms with E-state index >= 15 is 0 Å². The Morgan fingerprint density at radius 2 is 1.33 bits per heavy atom. The third-order valence-electron chi connectivity index (χ3n) is 2.86. The third kappa shape index (κ3) is 5.62. The third-order valence-corrected chi connectivity index (χ3v) is 5.44. The molecule has 2 aromatic carbocycles. The zero-order chi connectivity index (χ0) is 15.1. The van der Waals surface area contributed by atoms with E-state index in [1.165, 1.54) is 19.6 Å². The van der Waals surface area contributed by atoms with Gasteiger partial charge >= 0.3 is 0 Å². The maximum absolute atomic E-state index is 9.65. The van der Waals surface area contributed by atoms with Gasteiger partial charge in [0.15, 0.2) is 0 Å². The van der Waals surface area contributed by atoms with Gasteiger partial charge in [-0.2, -0.15) is 0 Å². The SMILES string of the molecule is CC(C[C@H](C)O)=C(Sc1ccccc1)Sc1ccccc1. The molecule has 0 amide bonds. The van der Waals surface area contributed by atoms with Crippen LogP contribution >= 0.6 is 23.5 Å². The van der Waals surface area contributed by atoms with Crippen LogP contribution in [0.15, 0.2) is 80.3 Å². The van der Waals surface area contributed by atoms with Gasteiger partial charge in [0.05, 0.1) is 6.10 Å². The maximum atomic E-state index is 9.65. The lowest BCUT2D eigenvalue weighted by Gasteiger charge is -2.13. The van der Waals surface area contributed by atoms with Gasteiger partial charge < -0.3 is 5.11 Å². The van der Waals surface area contributed by atoms with Crippen molar-refractivity contribution in [3.63, 3.8) is 0 Å². The van der Waals surface area contributed by atoms with Crippen LogP contribution in [0, 0.1) is 0 Å². The minimum absolute atomic E-state index is 0.312. The van der Waals surface area contributed by atoms with Crippen LogP contribution in [0.5, 0.6) is 0 Å². The van der Waals surface area contributed by atoms with Crippen LogP contribution in [-0.4, -0.2) is 11.2 Å². The van der Waals surface area contributed by atoms with Gasteiger partial charge in [-0.1, -0.05) is 65.5 Å². The molecule has 21 heavy (non-hydrogen) atoms. The lowest BCUT2D eigenvalue weighted by molar-refractivity contribution is 0.195. The molecule has 1 N–H and O–H groups in total. The molecule has 3 heteroatoms. The number of thioether (sulfide) groups is 2. The molecule has 0 aliphatic rings. The quantitative estimate of drug-likeness (QED) is 0.703. The first-order valence-corrected chi connectivity index (χ1v) is 8.62. The summed E-state index contributed by atoms with van der Waals surface area (Å²) < 4.78 is 1.24. The van der Waals surface area contributed by atoms with E-state index in [9.17, 15) is 5.11 Å². The fourth-order valence-electron chi connectivity index (χ4n) is 1.91. The first-order chi connectivity index (χ1) is 10.1. The summed E-state index contributed by atoms with van der Waals surface area (Å²) in [5, 5.41) is 9.65. The smallest absolute Gasteiger partial charge is 0.0549 e. The second kappa shape index (κ2) is 8.32.